The number of fused-ring (bicyclic) bond motifs is 1. The lowest BCUT2D eigenvalue weighted by Gasteiger charge is -2.06. The molecular weight excluding hydrogens is 360 g/mol. The van der Waals surface area contributed by atoms with Crippen LogP contribution in [0.4, 0.5) is 11.6 Å². The van der Waals surface area contributed by atoms with Crippen LogP contribution in [0.5, 0.6) is 11.5 Å². The summed E-state index contributed by atoms with van der Waals surface area (Å²) >= 11 is 6.04. The van der Waals surface area contributed by atoms with Crippen LogP contribution in [0.1, 0.15) is 10.4 Å². The molecule has 26 heavy (non-hydrogen) atoms. The lowest BCUT2D eigenvalue weighted by Crippen LogP contribution is -2.05. The molecule has 1 aliphatic heterocycles. The van der Waals surface area contributed by atoms with Crippen LogP contribution in [0, 0.1) is 0 Å². The van der Waals surface area contributed by atoms with Crippen molar-refractivity contribution in [3.63, 3.8) is 0 Å². The van der Waals surface area contributed by atoms with E-state index in [0.717, 1.165) is 0 Å². The Labute approximate surface area is 153 Å². The third kappa shape index (κ3) is 2.93. The van der Waals surface area contributed by atoms with Crippen molar-refractivity contribution in [1.29, 1.82) is 0 Å². The predicted molar refractivity (Wildman–Crippen MR) is 94.1 cm³/mol. The van der Waals surface area contributed by atoms with E-state index < -0.39 is 5.97 Å². The van der Waals surface area contributed by atoms with Gasteiger partial charge in [-0.05, 0) is 24.3 Å². The van der Waals surface area contributed by atoms with E-state index in [9.17, 15) is 4.79 Å². The van der Waals surface area contributed by atoms with E-state index in [1.807, 2.05) is 0 Å². The Hall–Kier alpha value is -3.19. The molecule has 0 aliphatic carbocycles. The highest BCUT2D eigenvalue weighted by Crippen LogP contribution is 2.37. The summed E-state index contributed by atoms with van der Waals surface area (Å²) in [6, 6.07) is 12.2. The molecule has 0 unspecified atom stereocenters. The molecule has 0 saturated carbocycles. The van der Waals surface area contributed by atoms with Gasteiger partial charge in [0.15, 0.2) is 17.1 Å². The van der Waals surface area contributed by atoms with Crippen LogP contribution >= 0.6 is 11.6 Å². The molecule has 2 heterocycles. The molecule has 2 aromatic carbocycles. The van der Waals surface area contributed by atoms with Crippen molar-refractivity contribution in [1.82, 2.24) is 5.16 Å². The maximum Gasteiger partial charge on any atom is 0.345 e. The number of carbonyl (C=O) groups is 1. The lowest BCUT2D eigenvalue weighted by molar-refractivity contribution is 0.0602. The van der Waals surface area contributed by atoms with Crippen molar-refractivity contribution in [2.75, 3.05) is 19.2 Å². The van der Waals surface area contributed by atoms with Gasteiger partial charge in [0.25, 0.3) is 0 Å². The van der Waals surface area contributed by atoms with Gasteiger partial charge >= 0.3 is 5.97 Å². The molecule has 0 amide bonds. The minimum Gasteiger partial charge on any atom is -0.465 e. The van der Waals surface area contributed by atoms with Gasteiger partial charge in [0.1, 0.15) is 5.69 Å². The summed E-state index contributed by atoms with van der Waals surface area (Å²) in [5.41, 5.74) is 1.80. The van der Waals surface area contributed by atoms with Crippen molar-refractivity contribution in [3.8, 4) is 22.8 Å². The van der Waals surface area contributed by atoms with E-state index >= 15 is 0 Å². The molecule has 0 atom stereocenters. The molecule has 1 N–H and O–H groups in total. The van der Waals surface area contributed by atoms with Crippen LogP contribution < -0.4 is 14.8 Å². The van der Waals surface area contributed by atoms with E-state index in [1.165, 1.54) is 7.11 Å². The molecule has 0 radical (unpaired) electrons. The lowest BCUT2D eigenvalue weighted by atomic mass is 10.1. The average molecular weight is 373 g/mol. The monoisotopic (exact) mass is 372 g/mol. The maximum absolute atomic E-state index is 12.3. The van der Waals surface area contributed by atoms with Gasteiger partial charge in [-0.15, -0.1) is 0 Å². The second kappa shape index (κ2) is 6.61. The van der Waals surface area contributed by atoms with Crippen LogP contribution in [0.25, 0.3) is 11.3 Å². The molecule has 0 bridgehead atoms. The van der Waals surface area contributed by atoms with Gasteiger partial charge in [-0.1, -0.05) is 28.9 Å². The van der Waals surface area contributed by atoms with Crippen LogP contribution in [0.2, 0.25) is 5.02 Å². The Bertz CT molecular complexity index is 985. The summed E-state index contributed by atoms with van der Waals surface area (Å²) in [6.07, 6.45) is 0. The number of halogens is 1. The number of carbonyl (C=O) groups excluding carboxylic acids is 1. The van der Waals surface area contributed by atoms with E-state index in [0.29, 0.717) is 33.5 Å². The topological polar surface area (TPSA) is 82.8 Å². The predicted octanol–water partition coefficient (Wildman–Crippen LogP) is 4.25. The number of hydrogen-bond acceptors (Lipinski definition) is 7. The maximum atomic E-state index is 12.3. The standard InChI is InChI=1S/C18H13ClN2O5/c1-23-18(22)15-16(10-3-2-4-11(19)7-10)21-26-17(15)20-12-5-6-13-14(8-12)25-9-24-13/h2-8,20H,9H2,1H3. The molecule has 3 aromatic rings. The van der Waals surface area contributed by atoms with E-state index in [2.05, 4.69) is 10.5 Å². The third-order valence-electron chi connectivity index (χ3n) is 3.81. The Balaban J connectivity index is 1.73. The Morgan fingerprint density at radius 3 is 2.85 bits per heavy atom. The van der Waals surface area contributed by atoms with Gasteiger partial charge in [0.2, 0.25) is 12.7 Å². The first kappa shape index (κ1) is 16.3. The number of esters is 1. The molecule has 0 spiro atoms. The number of nitrogens with one attached hydrogen (secondary N) is 1. The first-order valence-electron chi connectivity index (χ1n) is 7.66. The van der Waals surface area contributed by atoms with Crippen molar-refractivity contribution >= 4 is 29.1 Å². The molecular formula is C18H13ClN2O5. The SMILES string of the molecule is COC(=O)c1c(-c2cccc(Cl)c2)noc1Nc1ccc2c(c1)OCO2. The van der Waals surface area contributed by atoms with E-state index in [1.54, 1.807) is 42.5 Å². The zero-order valence-electron chi connectivity index (χ0n) is 13.6. The summed E-state index contributed by atoms with van der Waals surface area (Å²) in [5.74, 6) is 0.834. The molecule has 0 saturated heterocycles. The van der Waals surface area contributed by atoms with Crippen molar-refractivity contribution in [2.45, 2.75) is 0 Å². The van der Waals surface area contributed by atoms with Gasteiger partial charge in [0, 0.05) is 22.3 Å². The first-order chi connectivity index (χ1) is 12.7. The molecule has 1 aromatic heterocycles. The smallest absolute Gasteiger partial charge is 0.345 e. The normalized spacial score (nSPS) is 12.1. The molecule has 8 heteroatoms. The number of ether oxygens (including phenoxy) is 3. The number of nitrogens with zero attached hydrogens (tertiary/aromatic N) is 1. The van der Waals surface area contributed by atoms with Crippen molar-refractivity contribution in [2.24, 2.45) is 0 Å². The molecule has 4 rings (SSSR count). The third-order valence-corrected chi connectivity index (χ3v) is 4.05. The highest BCUT2D eigenvalue weighted by atomic mass is 35.5. The van der Waals surface area contributed by atoms with E-state index in [-0.39, 0.29) is 18.2 Å². The fraction of sp³-hybridized carbons (Fsp3) is 0.111. The number of anilines is 2. The Kier molecular flexibility index (Phi) is 4.14. The van der Waals surface area contributed by atoms with Crippen LogP contribution in [0.15, 0.2) is 47.0 Å². The van der Waals surface area contributed by atoms with Gasteiger partial charge in [-0.25, -0.2) is 4.79 Å². The minimum absolute atomic E-state index is 0.158. The summed E-state index contributed by atoms with van der Waals surface area (Å²) in [4.78, 5) is 12.3. The molecule has 132 valence electrons. The fourth-order valence-electron chi connectivity index (χ4n) is 2.61. The second-order valence-electron chi connectivity index (χ2n) is 5.43. The highest BCUT2D eigenvalue weighted by Gasteiger charge is 2.26. The summed E-state index contributed by atoms with van der Waals surface area (Å²) in [7, 11) is 1.29. The van der Waals surface area contributed by atoms with Crippen LogP contribution in [0.3, 0.4) is 0 Å². The summed E-state index contributed by atoms with van der Waals surface area (Å²) < 4.78 is 20.9. The number of benzene rings is 2. The summed E-state index contributed by atoms with van der Waals surface area (Å²) in [6.45, 7) is 0.174. The van der Waals surface area contributed by atoms with Crippen molar-refractivity contribution in [3.05, 3.63) is 53.1 Å². The van der Waals surface area contributed by atoms with Gasteiger partial charge in [-0.3, -0.25) is 0 Å². The first-order valence-corrected chi connectivity index (χ1v) is 8.04. The van der Waals surface area contributed by atoms with E-state index in [4.69, 9.17) is 30.3 Å². The van der Waals surface area contributed by atoms with Crippen LogP contribution in [-0.4, -0.2) is 25.0 Å². The summed E-state index contributed by atoms with van der Waals surface area (Å²) in [5, 5.41) is 7.56. The second-order valence-corrected chi connectivity index (χ2v) is 5.87. The molecule has 1 aliphatic rings. The number of aromatic nitrogens is 1. The zero-order valence-corrected chi connectivity index (χ0v) is 14.4. The number of hydrogen-bond donors (Lipinski definition) is 1. The largest absolute Gasteiger partial charge is 0.465 e. The van der Waals surface area contributed by atoms with Crippen molar-refractivity contribution < 1.29 is 23.5 Å². The quantitative estimate of drug-likeness (QED) is 0.685. The molecule has 7 nitrogen and oxygen atoms in total. The number of methoxy groups -OCH3 is 1. The average Bonchev–Trinajstić information content (AvgIpc) is 3.27. The number of rotatable bonds is 4. The molecule has 0 fully saturated rings. The minimum atomic E-state index is -0.579. The highest BCUT2D eigenvalue weighted by molar-refractivity contribution is 6.30. The van der Waals surface area contributed by atoms with Crippen LogP contribution in [-0.2, 0) is 4.74 Å². The Morgan fingerprint density at radius 2 is 2.04 bits per heavy atom. The van der Waals surface area contributed by atoms with Gasteiger partial charge in [-0.2, -0.15) is 0 Å². The Morgan fingerprint density at radius 1 is 1.19 bits per heavy atom. The van der Waals surface area contributed by atoms with Gasteiger partial charge < -0.3 is 24.1 Å². The fourth-order valence-corrected chi connectivity index (χ4v) is 2.80. The zero-order chi connectivity index (χ0) is 18.1. The van der Waals surface area contributed by atoms with Gasteiger partial charge in [0.05, 0.1) is 7.11 Å².